The molecule has 0 unspecified atom stereocenters. The fourth-order valence-electron chi connectivity index (χ4n) is 2.40. The Morgan fingerprint density at radius 1 is 0.905 bits per heavy atom. The molecule has 0 saturated heterocycles. The number of hydrogen-bond donors (Lipinski definition) is 2. The van der Waals surface area contributed by atoms with Crippen molar-refractivity contribution in [3.63, 3.8) is 0 Å². The van der Waals surface area contributed by atoms with E-state index in [2.05, 4.69) is 25.0 Å². The second-order valence-corrected chi connectivity index (χ2v) is 7.48. The van der Waals surface area contributed by atoms with Crippen LogP contribution in [0.15, 0.2) is 0 Å². The zero-order valence-corrected chi connectivity index (χ0v) is 14.9. The van der Waals surface area contributed by atoms with Crippen molar-refractivity contribution in [2.75, 3.05) is 6.61 Å². The van der Waals surface area contributed by atoms with E-state index in [0.29, 0.717) is 6.42 Å². The van der Waals surface area contributed by atoms with Crippen molar-refractivity contribution in [3.05, 3.63) is 0 Å². The Morgan fingerprint density at radius 2 is 1.38 bits per heavy atom. The lowest BCUT2D eigenvalue weighted by atomic mass is 9.82. The summed E-state index contributed by atoms with van der Waals surface area (Å²) in [5.41, 5.74) is 0.214. The molecule has 130 valence electrons. The van der Waals surface area contributed by atoms with Crippen molar-refractivity contribution in [2.45, 2.75) is 85.0 Å². The minimum Gasteiger partial charge on any atom is -0.344 e. The molecule has 0 aromatic carbocycles. The van der Waals surface area contributed by atoms with Crippen LogP contribution in [0.3, 0.4) is 0 Å². The van der Waals surface area contributed by atoms with Gasteiger partial charge in [0.1, 0.15) is 0 Å². The lowest BCUT2D eigenvalue weighted by molar-refractivity contribution is 0.225. The second kappa shape index (κ2) is 12.4. The number of hydrogen-bond acceptors (Lipinski definition) is 4. The highest BCUT2D eigenvalue weighted by molar-refractivity contribution is 7.80. The lowest BCUT2D eigenvalue weighted by Crippen LogP contribution is -2.13. The molecule has 21 heavy (non-hydrogen) atoms. The molecular formula is C15H35NO4S. The normalized spacial score (nSPS) is 12.2. The van der Waals surface area contributed by atoms with Gasteiger partial charge in [0.25, 0.3) is 0 Å². The highest BCUT2D eigenvalue weighted by Crippen LogP contribution is 2.29. The average Bonchev–Trinajstić information content (AvgIpc) is 2.32. The summed E-state index contributed by atoms with van der Waals surface area (Å²) >= 11 is 0. The van der Waals surface area contributed by atoms with Crippen LogP contribution < -0.4 is 6.15 Å². The van der Waals surface area contributed by atoms with Gasteiger partial charge < -0.3 is 6.15 Å². The Balaban J connectivity index is 0. The maximum atomic E-state index is 10.4. The number of rotatable bonds is 13. The van der Waals surface area contributed by atoms with Gasteiger partial charge in [-0.2, -0.15) is 8.42 Å². The molecule has 0 heterocycles. The monoisotopic (exact) mass is 325 g/mol. The maximum absolute atomic E-state index is 10.4. The summed E-state index contributed by atoms with van der Waals surface area (Å²) in [5.74, 6) is 0. The summed E-state index contributed by atoms with van der Waals surface area (Å²) in [6, 6.07) is 0. The van der Waals surface area contributed by atoms with Crippen molar-refractivity contribution in [2.24, 2.45) is 5.41 Å². The molecule has 0 atom stereocenters. The van der Waals surface area contributed by atoms with Crippen LogP contribution in [-0.4, -0.2) is 19.6 Å². The van der Waals surface area contributed by atoms with Crippen LogP contribution in [0, 0.1) is 5.41 Å². The Hall–Kier alpha value is -0.170. The molecular weight excluding hydrogens is 290 g/mol. The van der Waals surface area contributed by atoms with Gasteiger partial charge in [-0.15, -0.1) is 0 Å². The highest BCUT2D eigenvalue weighted by Gasteiger charge is 2.17. The molecule has 0 amide bonds. The molecule has 0 aliphatic rings. The predicted molar refractivity (Wildman–Crippen MR) is 88.1 cm³/mol. The Morgan fingerprint density at radius 3 is 1.90 bits per heavy atom. The molecule has 0 saturated carbocycles. The van der Waals surface area contributed by atoms with E-state index in [0.717, 1.165) is 12.8 Å². The first-order valence-corrected chi connectivity index (χ1v) is 9.25. The van der Waals surface area contributed by atoms with Gasteiger partial charge in [-0.05, 0) is 24.7 Å². The van der Waals surface area contributed by atoms with Crippen LogP contribution in [0.1, 0.15) is 85.0 Å². The second-order valence-electron chi connectivity index (χ2n) is 6.39. The summed E-state index contributed by atoms with van der Waals surface area (Å²) in [4.78, 5) is 0. The van der Waals surface area contributed by atoms with Crippen molar-refractivity contribution >= 4 is 10.4 Å². The largest absolute Gasteiger partial charge is 0.397 e. The van der Waals surface area contributed by atoms with Crippen molar-refractivity contribution in [1.29, 1.82) is 0 Å². The maximum Gasteiger partial charge on any atom is 0.397 e. The van der Waals surface area contributed by atoms with E-state index in [-0.39, 0.29) is 18.2 Å². The van der Waals surface area contributed by atoms with E-state index in [1.807, 2.05) is 0 Å². The molecule has 0 aliphatic carbocycles. The van der Waals surface area contributed by atoms with Gasteiger partial charge >= 0.3 is 10.4 Å². The Labute approximate surface area is 131 Å². The molecule has 0 aromatic rings. The minimum atomic E-state index is -4.27. The SMILES string of the molecule is CCCCCCCCCC(C)(C)CCCOS(=O)(=O)O.N. The molecule has 0 radical (unpaired) electrons. The zero-order chi connectivity index (χ0) is 15.5. The molecule has 0 fully saturated rings. The van der Waals surface area contributed by atoms with E-state index in [1.54, 1.807) is 0 Å². The third kappa shape index (κ3) is 17.8. The first-order chi connectivity index (χ1) is 9.27. The summed E-state index contributed by atoms with van der Waals surface area (Å²) in [6.07, 6.45) is 11.9. The van der Waals surface area contributed by atoms with Gasteiger partial charge in [0.2, 0.25) is 0 Å². The van der Waals surface area contributed by atoms with Crippen LogP contribution in [0.5, 0.6) is 0 Å². The number of unbranched alkanes of at least 4 members (excludes halogenated alkanes) is 6. The fourth-order valence-corrected chi connectivity index (χ4v) is 2.73. The first kappa shape index (κ1) is 23.1. The predicted octanol–water partition coefficient (Wildman–Crippen LogP) is 4.91. The molecule has 4 N–H and O–H groups in total. The standard InChI is InChI=1S/C15H32O4S.H3N/c1-4-5-6-7-8-9-10-12-15(2,3)13-11-14-19-20(16,17)18;/h4-14H2,1-3H3,(H,16,17,18);1H3. The molecule has 0 bridgehead atoms. The quantitative estimate of drug-likeness (QED) is 0.370. The van der Waals surface area contributed by atoms with E-state index >= 15 is 0 Å². The highest BCUT2D eigenvalue weighted by atomic mass is 32.3. The van der Waals surface area contributed by atoms with Gasteiger partial charge in [0.15, 0.2) is 0 Å². The van der Waals surface area contributed by atoms with Gasteiger partial charge in [-0.3, -0.25) is 4.55 Å². The van der Waals surface area contributed by atoms with Crippen LogP contribution in [-0.2, 0) is 14.6 Å². The van der Waals surface area contributed by atoms with E-state index < -0.39 is 10.4 Å². The summed E-state index contributed by atoms with van der Waals surface area (Å²) < 4.78 is 33.6. The van der Waals surface area contributed by atoms with E-state index in [9.17, 15) is 8.42 Å². The summed E-state index contributed by atoms with van der Waals surface area (Å²) in [5, 5.41) is 0. The van der Waals surface area contributed by atoms with Crippen LogP contribution in [0.2, 0.25) is 0 Å². The summed E-state index contributed by atoms with van der Waals surface area (Å²) in [7, 11) is -4.27. The molecule has 6 heteroatoms. The molecule has 0 aliphatic heterocycles. The zero-order valence-electron chi connectivity index (χ0n) is 14.1. The lowest BCUT2D eigenvalue weighted by Gasteiger charge is -2.24. The first-order valence-electron chi connectivity index (χ1n) is 7.89. The van der Waals surface area contributed by atoms with Crippen LogP contribution >= 0.6 is 0 Å². The molecule has 0 aromatic heterocycles. The smallest absolute Gasteiger partial charge is 0.344 e. The van der Waals surface area contributed by atoms with Crippen LogP contribution in [0.4, 0.5) is 0 Å². The third-order valence-corrected chi connectivity index (χ3v) is 4.15. The van der Waals surface area contributed by atoms with Gasteiger partial charge in [-0.1, -0.05) is 65.7 Å². The van der Waals surface area contributed by atoms with Crippen molar-refractivity contribution in [3.8, 4) is 0 Å². The van der Waals surface area contributed by atoms with Gasteiger partial charge in [0.05, 0.1) is 6.61 Å². The Kier molecular flexibility index (Phi) is 13.6. The minimum absolute atomic E-state index is 0. The third-order valence-electron chi connectivity index (χ3n) is 3.69. The molecule has 0 spiro atoms. The summed E-state index contributed by atoms with van der Waals surface area (Å²) in [6.45, 7) is 6.71. The molecule has 5 nitrogen and oxygen atoms in total. The Bertz CT molecular complexity index is 329. The van der Waals surface area contributed by atoms with Gasteiger partial charge in [0, 0.05) is 0 Å². The topological polar surface area (TPSA) is 98.6 Å². The van der Waals surface area contributed by atoms with E-state index in [1.165, 1.54) is 44.9 Å². The van der Waals surface area contributed by atoms with Gasteiger partial charge in [-0.25, -0.2) is 4.18 Å². The van der Waals surface area contributed by atoms with Crippen molar-refractivity contribution in [1.82, 2.24) is 6.15 Å². The fraction of sp³-hybridized carbons (Fsp3) is 1.00. The van der Waals surface area contributed by atoms with Crippen molar-refractivity contribution < 1.29 is 17.2 Å². The van der Waals surface area contributed by atoms with Crippen LogP contribution in [0.25, 0.3) is 0 Å². The van der Waals surface area contributed by atoms with E-state index in [4.69, 9.17) is 4.55 Å². The average molecular weight is 326 g/mol. The molecule has 0 rings (SSSR count).